The zero-order valence-corrected chi connectivity index (χ0v) is 15.8. The number of thiazole rings is 1. The minimum absolute atomic E-state index is 0.317. The van der Waals surface area contributed by atoms with Crippen LogP contribution in [0.3, 0.4) is 0 Å². The quantitative estimate of drug-likeness (QED) is 0.840. The first kappa shape index (κ1) is 17.0. The Balaban J connectivity index is 1.32. The molecule has 2 aliphatic heterocycles. The second-order valence-electron chi connectivity index (χ2n) is 7.66. The van der Waals surface area contributed by atoms with E-state index in [0.29, 0.717) is 18.4 Å². The van der Waals surface area contributed by atoms with E-state index in [1.54, 1.807) is 0 Å². The average Bonchev–Trinajstić information content (AvgIpc) is 3.06. The lowest BCUT2D eigenvalue weighted by Gasteiger charge is -2.35. The van der Waals surface area contributed by atoms with Gasteiger partial charge in [0.25, 0.3) is 0 Å². The first-order valence-corrected chi connectivity index (χ1v) is 10.4. The van der Waals surface area contributed by atoms with E-state index >= 15 is 0 Å². The molecule has 5 heteroatoms. The van der Waals surface area contributed by atoms with Crippen molar-refractivity contribution < 1.29 is 4.79 Å². The molecule has 1 aromatic carbocycles. The third-order valence-corrected chi connectivity index (χ3v) is 6.81. The van der Waals surface area contributed by atoms with Crippen molar-refractivity contribution in [1.82, 2.24) is 14.8 Å². The molecule has 0 bridgehead atoms. The van der Waals surface area contributed by atoms with Crippen LogP contribution in [0.1, 0.15) is 43.5 Å². The Morgan fingerprint density at radius 3 is 2.76 bits per heavy atom. The number of hydrogen-bond donors (Lipinski definition) is 0. The molecular weight excluding hydrogens is 330 g/mol. The zero-order chi connectivity index (χ0) is 17.2. The zero-order valence-electron chi connectivity index (χ0n) is 15.0. The van der Waals surface area contributed by atoms with Gasteiger partial charge in [0.15, 0.2) is 0 Å². The van der Waals surface area contributed by atoms with Crippen molar-refractivity contribution in [2.75, 3.05) is 32.7 Å². The highest BCUT2D eigenvalue weighted by Crippen LogP contribution is 2.33. The predicted molar refractivity (Wildman–Crippen MR) is 103 cm³/mol. The van der Waals surface area contributed by atoms with Gasteiger partial charge in [-0.05, 0) is 50.3 Å². The molecule has 2 aliphatic rings. The molecule has 3 heterocycles. The van der Waals surface area contributed by atoms with Crippen LogP contribution in [-0.4, -0.2) is 53.4 Å². The van der Waals surface area contributed by atoms with Crippen molar-refractivity contribution in [1.29, 1.82) is 0 Å². The fraction of sp³-hybridized carbons (Fsp3) is 0.600. The average molecular weight is 358 g/mol. The van der Waals surface area contributed by atoms with E-state index in [-0.39, 0.29) is 0 Å². The van der Waals surface area contributed by atoms with Gasteiger partial charge in [0.1, 0.15) is 0 Å². The van der Waals surface area contributed by atoms with Gasteiger partial charge in [0.05, 0.1) is 21.8 Å². The molecule has 2 fully saturated rings. The van der Waals surface area contributed by atoms with Crippen LogP contribution in [0.5, 0.6) is 0 Å². The molecule has 4 rings (SSSR count). The number of amides is 1. The summed E-state index contributed by atoms with van der Waals surface area (Å²) in [6, 6.07) is 8.37. The van der Waals surface area contributed by atoms with E-state index in [9.17, 15) is 4.79 Å². The van der Waals surface area contributed by atoms with Gasteiger partial charge >= 0.3 is 0 Å². The second-order valence-corrected chi connectivity index (χ2v) is 8.72. The van der Waals surface area contributed by atoms with Crippen LogP contribution in [0.15, 0.2) is 24.3 Å². The molecule has 2 aromatic rings. The van der Waals surface area contributed by atoms with Gasteiger partial charge in [-0.15, -0.1) is 11.3 Å². The summed E-state index contributed by atoms with van der Waals surface area (Å²) in [6.45, 7) is 6.81. The summed E-state index contributed by atoms with van der Waals surface area (Å²) in [7, 11) is 0. The van der Waals surface area contributed by atoms with Gasteiger partial charge in [0.2, 0.25) is 5.91 Å². The summed E-state index contributed by atoms with van der Waals surface area (Å²) in [5.41, 5.74) is 1.11. The number of likely N-dealkylation sites (tertiary alicyclic amines) is 2. The van der Waals surface area contributed by atoms with Crippen molar-refractivity contribution in [2.24, 2.45) is 5.92 Å². The number of carbonyl (C=O) groups excluding carboxylic acids is 1. The lowest BCUT2D eigenvalue weighted by molar-refractivity contribution is -0.133. The standard InChI is InChI=1S/C20H27N3OS/c1-15-5-4-10-22(13-15)14-19(24)23-11-8-16(9-12-23)20-21-17-6-2-3-7-18(17)25-20/h2-3,6-7,15-16H,4-5,8-14H2,1H3/t15-/m1/s1. The molecule has 1 amide bonds. The lowest BCUT2D eigenvalue weighted by atomic mass is 9.97. The van der Waals surface area contributed by atoms with Gasteiger partial charge < -0.3 is 4.90 Å². The van der Waals surface area contributed by atoms with Crippen LogP contribution in [0.2, 0.25) is 0 Å². The third-order valence-electron chi connectivity index (χ3n) is 5.61. The Hall–Kier alpha value is -1.46. The number of nitrogens with zero attached hydrogens (tertiary/aromatic N) is 3. The first-order valence-electron chi connectivity index (χ1n) is 9.54. The number of piperidine rings is 2. The number of hydrogen-bond acceptors (Lipinski definition) is 4. The lowest BCUT2D eigenvalue weighted by Crippen LogP contribution is -2.46. The van der Waals surface area contributed by atoms with Crippen LogP contribution in [-0.2, 0) is 4.79 Å². The molecule has 0 unspecified atom stereocenters. The Morgan fingerprint density at radius 1 is 1.20 bits per heavy atom. The molecule has 1 aromatic heterocycles. The Morgan fingerprint density at radius 2 is 2.00 bits per heavy atom. The third kappa shape index (κ3) is 3.87. The second kappa shape index (κ2) is 7.42. The number of aromatic nitrogens is 1. The number of rotatable bonds is 3. The first-order chi connectivity index (χ1) is 12.2. The fourth-order valence-corrected chi connectivity index (χ4v) is 5.30. The van der Waals surface area contributed by atoms with E-state index in [1.165, 1.54) is 22.5 Å². The molecule has 0 N–H and O–H groups in total. The predicted octanol–water partition coefficient (Wildman–Crippen LogP) is 3.73. The Kier molecular flexibility index (Phi) is 5.04. The molecule has 25 heavy (non-hydrogen) atoms. The largest absolute Gasteiger partial charge is 0.342 e. The fourth-order valence-electron chi connectivity index (χ4n) is 4.16. The highest BCUT2D eigenvalue weighted by atomic mass is 32.1. The molecule has 4 nitrogen and oxygen atoms in total. The summed E-state index contributed by atoms with van der Waals surface area (Å²) in [6.07, 6.45) is 4.62. The van der Waals surface area contributed by atoms with E-state index in [2.05, 4.69) is 41.0 Å². The highest BCUT2D eigenvalue weighted by molar-refractivity contribution is 7.18. The van der Waals surface area contributed by atoms with E-state index < -0.39 is 0 Å². The highest BCUT2D eigenvalue weighted by Gasteiger charge is 2.27. The molecule has 0 saturated carbocycles. The van der Waals surface area contributed by atoms with Gasteiger partial charge in [0, 0.05) is 25.6 Å². The summed E-state index contributed by atoms with van der Waals surface area (Å²) in [4.78, 5) is 21.9. The van der Waals surface area contributed by atoms with Crippen molar-refractivity contribution in [3.8, 4) is 0 Å². The van der Waals surface area contributed by atoms with Crippen LogP contribution in [0.25, 0.3) is 10.2 Å². The van der Waals surface area contributed by atoms with Crippen LogP contribution in [0.4, 0.5) is 0 Å². The smallest absolute Gasteiger partial charge is 0.236 e. The van der Waals surface area contributed by atoms with Crippen molar-refractivity contribution in [3.05, 3.63) is 29.3 Å². The molecule has 0 aliphatic carbocycles. The van der Waals surface area contributed by atoms with Gasteiger partial charge in [-0.1, -0.05) is 19.1 Å². The number of benzene rings is 1. The molecule has 0 radical (unpaired) electrons. The van der Waals surface area contributed by atoms with E-state index in [4.69, 9.17) is 4.98 Å². The van der Waals surface area contributed by atoms with Crippen molar-refractivity contribution in [2.45, 2.75) is 38.5 Å². The minimum Gasteiger partial charge on any atom is -0.342 e. The van der Waals surface area contributed by atoms with Crippen LogP contribution in [0, 0.1) is 5.92 Å². The summed E-state index contributed by atoms with van der Waals surface area (Å²) >= 11 is 1.82. The summed E-state index contributed by atoms with van der Waals surface area (Å²) in [5, 5.41) is 1.25. The SMILES string of the molecule is C[C@@H]1CCCN(CC(=O)N2CCC(c3nc4ccccc4s3)CC2)C1. The molecule has 2 saturated heterocycles. The van der Waals surface area contributed by atoms with Gasteiger partial charge in [-0.2, -0.15) is 0 Å². The van der Waals surface area contributed by atoms with Gasteiger partial charge in [-0.25, -0.2) is 4.98 Å². The van der Waals surface area contributed by atoms with E-state index in [1.807, 2.05) is 11.3 Å². The minimum atomic E-state index is 0.317. The molecule has 0 spiro atoms. The maximum Gasteiger partial charge on any atom is 0.236 e. The summed E-state index contributed by atoms with van der Waals surface area (Å²) in [5.74, 6) is 1.56. The van der Waals surface area contributed by atoms with E-state index in [0.717, 1.165) is 50.5 Å². The van der Waals surface area contributed by atoms with Crippen LogP contribution >= 0.6 is 11.3 Å². The number of carbonyl (C=O) groups is 1. The topological polar surface area (TPSA) is 36.4 Å². The number of para-hydroxylation sites is 1. The van der Waals surface area contributed by atoms with Crippen molar-refractivity contribution >= 4 is 27.5 Å². The molecule has 1 atom stereocenters. The summed E-state index contributed by atoms with van der Waals surface area (Å²) < 4.78 is 1.27. The Bertz CT molecular complexity index is 702. The maximum atomic E-state index is 12.6. The van der Waals surface area contributed by atoms with Crippen molar-refractivity contribution in [3.63, 3.8) is 0 Å². The Labute approximate surface area is 153 Å². The molecular formula is C20H27N3OS. The number of fused-ring (bicyclic) bond motifs is 1. The van der Waals surface area contributed by atoms with Gasteiger partial charge in [-0.3, -0.25) is 9.69 Å². The van der Waals surface area contributed by atoms with Crippen LogP contribution < -0.4 is 0 Å². The maximum absolute atomic E-state index is 12.6. The normalized spacial score (nSPS) is 23.2. The monoisotopic (exact) mass is 357 g/mol. The molecule has 134 valence electrons.